The Hall–Kier alpha value is -0.120. The molecule has 3 aliphatic rings. The lowest BCUT2D eigenvalue weighted by Crippen LogP contribution is -2.49. The summed E-state index contributed by atoms with van der Waals surface area (Å²) >= 11 is 0. The van der Waals surface area contributed by atoms with E-state index >= 15 is 0 Å². The first-order valence-electron chi connectivity index (χ1n) is 8.09. The zero-order valence-corrected chi connectivity index (χ0v) is 11.7. The van der Waals surface area contributed by atoms with Gasteiger partial charge in [0, 0.05) is 38.8 Å². The standard InChI is InChI=1S/C15H29N3/c1-2-4-14(3-1)5-9-17-10-6-15(13-17)18-11-7-16-8-12-18/h14-16H,1-13H2. The van der Waals surface area contributed by atoms with Crippen molar-refractivity contribution >= 4 is 0 Å². The predicted octanol–water partition coefficient (Wildman–Crippen LogP) is 1.55. The normalized spacial score (nSPS) is 32.3. The molecule has 2 saturated heterocycles. The third-order valence-corrected chi connectivity index (χ3v) is 5.24. The lowest BCUT2D eigenvalue weighted by atomic mass is 10.0. The summed E-state index contributed by atoms with van der Waals surface area (Å²) in [5.41, 5.74) is 0. The molecule has 1 saturated carbocycles. The molecule has 0 aromatic carbocycles. The van der Waals surface area contributed by atoms with Crippen molar-refractivity contribution < 1.29 is 0 Å². The minimum Gasteiger partial charge on any atom is -0.314 e. The van der Waals surface area contributed by atoms with Gasteiger partial charge in [-0.05, 0) is 31.8 Å². The average molecular weight is 251 g/mol. The molecular weight excluding hydrogens is 222 g/mol. The molecule has 2 aliphatic heterocycles. The summed E-state index contributed by atoms with van der Waals surface area (Å²) in [5, 5.41) is 3.46. The van der Waals surface area contributed by atoms with Crippen LogP contribution >= 0.6 is 0 Å². The maximum absolute atomic E-state index is 3.46. The fourth-order valence-corrected chi connectivity index (χ4v) is 4.02. The third-order valence-electron chi connectivity index (χ3n) is 5.24. The van der Waals surface area contributed by atoms with Crippen molar-refractivity contribution in [3.8, 4) is 0 Å². The van der Waals surface area contributed by atoms with Crippen LogP contribution in [0.15, 0.2) is 0 Å². The molecule has 18 heavy (non-hydrogen) atoms. The van der Waals surface area contributed by atoms with Gasteiger partial charge in [-0.15, -0.1) is 0 Å². The van der Waals surface area contributed by atoms with Gasteiger partial charge < -0.3 is 10.2 Å². The number of likely N-dealkylation sites (tertiary alicyclic amines) is 1. The molecule has 3 rings (SSSR count). The highest BCUT2D eigenvalue weighted by molar-refractivity contribution is 4.86. The molecule has 0 aromatic heterocycles. The molecule has 0 radical (unpaired) electrons. The maximum Gasteiger partial charge on any atom is 0.0236 e. The summed E-state index contributed by atoms with van der Waals surface area (Å²) in [6.45, 7) is 8.97. The van der Waals surface area contributed by atoms with E-state index in [2.05, 4.69) is 15.1 Å². The minimum absolute atomic E-state index is 0.857. The molecule has 1 atom stereocenters. The Labute approximate surface area is 112 Å². The van der Waals surface area contributed by atoms with E-state index in [0.717, 1.165) is 12.0 Å². The molecule has 3 nitrogen and oxygen atoms in total. The Morgan fingerprint density at radius 3 is 2.50 bits per heavy atom. The molecule has 104 valence electrons. The lowest BCUT2D eigenvalue weighted by molar-refractivity contribution is 0.170. The second-order valence-corrected chi connectivity index (χ2v) is 6.47. The Morgan fingerprint density at radius 1 is 0.944 bits per heavy atom. The average Bonchev–Trinajstić information content (AvgIpc) is 3.09. The van der Waals surface area contributed by atoms with Crippen LogP contribution in [-0.2, 0) is 0 Å². The fraction of sp³-hybridized carbons (Fsp3) is 1.00. The van der Waals surface area contributed by atoms with Crippen LogP contribution < -0.4 is 5.32 Å². The van der Waals surface area contributed by atoms with E-state index in [1.807, 2.05) is 0 Å². The van der Waals surface area contributed by atoms with Crippen molar-refractivity contribution in [1.29, 1.82) is 0 Å². The lowest BCUT2D eigenvalue weighted by Gasteiger charge is -2.32. The molecule has 1 N–H and O–H groups in total. The third kappa shape index (κ3) is 3.25. The smallest absolute Gasteiger partial charge is 0.0236 e. The van der Waals surface area contributed by atoms with Crippen molar-refractivity contribution in [3.05, 3.63) is 0 Å². The van der Waals surface area contributed by atoms with E-state index in [1.54, 1.807) is 0 Å². The van der Waals surface area contributed by atoms with Crippen LogP contribution in [-0.4, -0.2) is 61.7 Å². The van der Waals surface area contributed by atoms with Crippen molar-refractivity contribution in [1.82, 2.24) is 15.1 Å². The van der Waals surface area contributed by atoms with E-state index in [0.29, 0.717) is 0 Å². The van der Waals surface area contributed by atoms with E-state index < -0.39 is 0 Å². The molecule has 3 fully saturated rings. The molecule has 0 aromatic rings. The summed E-state index contributed by atoms with van der Waals surface area (Å²) in [6.07, 6.45) is 8.88. The summed E-state index contributed by atoms with van der Waals surface area (Å²) in [6, 6.07) is 0.857. The van der Waals surface area contributed by atoms with E-state index in [4.69, 9.17) is 0 Å². The van der Waals surface area contributed by atoms with Crippen LogP contribution in [0, 0.1) is 5.92 Å². The number of piperazine rings is 1. The topological polar surface area (TPSA) is 18.5 Å². The number of hydrogen-bond acceptors (Lipinski definition) is 3. The minimum atomic E-state index is 0.857. The van der Waals surface area contributed by atoms with Gasteiger partial charge in [0.1, 0.15) is 0 Å². The number of rotatable bonds is 4. The first-order chi connectivity index (χ1) is 8.92. The summed E-state index contributed by atoms with van der Waals surface area (Å²) in [4.78, 5) is 5.44. The molecule has 0 bridgehead atoms. The van der Waals surface area contributed by atoms with Gasteiger partial charge in [-0.25, -0.2) is 0 Å². The van der Waals surface area contributed by atoms with Crippen LogP contribution in [0.2, 0.25) is 0 Å². The predicted molar refractivity (Wildman–Crippen MR) is 75.9 cm³/mol. The van der Waals surface area contributed by atoms with Crippen molar-refractivity contribution in [2.24, 2.45) is 5.92 Å². The zero-order valence-electron chi connectivity index (χ0n) is 11.7. The number of hydrogen-bond donors (Lipinski definition) is 1. The van der Waals surface area contributed by atoms with Gasteiger partial charge in [0.25, 0.3) is 0 Å². The summed E-state index contributed by atoms with van der Waals surface area (Å²) < 4.78 is 0. The largest absolute Gasteiger partial charge is 0.314 e. The molecule has 2 heterocycles. The van der Waals surface area contributed by atoms with Crippen molar-refractivity contribution in [2.45, 2.75) is 44.6 Å². The summed E-state index contributed by atoms with van der Waals surface area (Å²) in [5.74, 6) is 1.06. The maximum atomic E-state index is 3.46. The van der Waals surface area contributed by atoms with Gasteiger partial charge in [-0.1, -0.05) is 25.7 Å². The van der Waals surface area contributed by atoms with E-state index in [-0.39, 0.29) is 0 Å². The number of nitrogens with zero attached hydrogens (tertiary/aromatic N) is 2. The molecule has 0 spiro atoms. The van der Waals surface area contributed by atoms with Gasteiger partial charge in [-0.2, -0.15) is 0 Å². The van der Waals surface area contributed by atoms with Gasteiger partial charge >= 0.3 is 0 Å². The van der Waals surface area contributed by atoms with Crippen molar-refractivity contribution in [2.75, 3.05) is 45.8 Å². The van der Waals surface area contributed by atoms with E-state index in [1.165, 1.54) is 84.3 Å². The quantitative estimate of drug-likeness (QED) is 0.818. The van der Waals surface area contributed by atoms with Gasteiger partial charge in [0.15, 0.2) is 0 Å². The Kier molecular flexibility index (Phi) is 4.55. The van der Waals surface area contributed by atoms with Crippen LogP contribution in [0.5, 0.6) is 0 Å². The molecule has 1 unspecified atom stereocenters. The Bertz CT molecular complexity index is 244. The zero-order chi connectivity index (χ0) is 12.2. The second kappa shape index (κ2) is 6.36. The fourth-order valence-electron chi connectivity index (χ4n) is 4.02. The van der Waals surface area contributed by atoms with Crippen LogP contribution in [0.1, 0.15) is 38.5 Å². The summed E-state index contributed by atoms with van der Waals surface area (Å²) in [7, 11) is 0. The SMILES string of the molecule is C1CCC(CCN2CCC(N3CCNCC3)C2)C1. The highest BCUT2D eigenvalue weighted by Crippen LogP contribution is 2.28. The Balaban J connectivity index is 1.37. The van der Waals surface area contributed by atoms with Crippen molar-refractivity contribution in [3.63, 3.8) is 0 Å². The van der Waals surface area contributed by atoms with Gasteiger partial charge in [0.2, 0.25) is 0 Å². The van der Waals surface area contributed by atoms with E-state index in [9.17, 15) is 0 Å². The first kappa shape index (κ1) is 12.9. The molecule has 0 amide bonds. The molecule has 1 aliphatic carbocycles. The van der Waals surface area contributed by atoms with Gasteiger partial charge in [0.05, 0.1) is 0 Å². The first-order valence-corrected chi connectivity index (χ1v) is 8.09. The van der Waals surface area contributed by atoms with Crippen LogP contribution in [0.25, 0.3) is 0 Å². The molecule has 3 heteroatoms. The molecular formula is C15H29N3. The number of nitrogens with one attached hydrogen (secondary N) is 1. The monoisotopic (exact) mass is 251 g/mol. The Morgan fingerprint density at radius 2 is 1.72 bits per heavy atom. The highest BCUT2D eigenvalue weighted by Gasteiger charge is 2.28. The van der Waals surface area contributed by atoms with Crippen LogP contribution in [0.3, 0.4) is 0 Å². The second-order valence-electron chi connectivity index (χ2n) is 6.47. The van der Waals surface area contributed by atoms with Crippen LogP contribution in [0.4, 0.5) is 0 Å². The highest BCUT2D eigenvalue weighted by atomic mass is 15.3. The van der Waals surface area contributed by atoms with Gasteiger partial charge in [-0.3, -0.25) is 4.90 Å².